The summed E-state index contributed by atoms with van der Waals surface area (Å²) in [5.41, 5.74) is -1.42. The molecule has 0 aromatic rings. The van der Waals surface area contributed by atoms with Crippen molar-refractivity contribution in [2.45, 2.75) is 156 Å². The van der Waals surface area contributed by atoms with Crippen LogP contribution in [0.4, 0.5) is 4.79 Å². The van der Waals surface area contributed by atoms with E-state index in [2.05, 4.69) is 35.1 Å². The molecule has 14 heteroatoms. The van der Waals surface area contributed by atoms with Gasteiger partial charge in [-0.15, -0.1) is 0 Å². The van der Waals surface area contributed by atoms with Crippen LogP contribution in [0.1, 0.15) is 132 Å². The molecule has 14 nitrogen and oxygen atoms in total. The third kappa shape index (κ3) is 18.2. The number of ether oxygens (including phenoxy) is 2. The summed E-state index contributed by atoms with van der Waals surface area (Å²) in [5, 5.41) is 10.2. The van der Waals surface area contributed by atoms with Crippen LogP contribution >= 0.6 is 0 Å². The second-order valence-electron chi connectivity index (χ2n) is 16.4. The zero-order valence-corrected chi connectivity index (χ0v) is 32.8. The highest BCUT2D eigenvalue weighted by atomic mass is 16.6. The van der Waals surface area contributed by atoms with Crippen LogP contribution in [0.5, 0.6) is 0 Å². The van der Waals surface area contributed by atoms with Gasteiger partial charge < -0.3 is 35.6 Å². The molecule has 5 amide bonds. The third-order valence-electron chi connectivity index (χ3n) is 8.31. The number of carbonyl (C=O) groups excluding carboxylic acids is 7. The standard InChI is InChI=1S/C32H51N5O9.C3H6.C3H8/c1-31(2,3)26(36-30(44)34-17-24(39)45-18-20-11-12-20)29(43)37-15-7-8-22(37)27(41)35-21(16-19-9-10-19)25(40)28(42)33-14-13-23(38)46-32(4,5)6;1-2-3-1;1-3-2/h19-22,26H,7-18H2,1-6H3,(H,33,42)(H,35,41)(H2,34,36,44);1-3H2;3H2,1-2H3. The van der Waals surface area contributed by atoms with E-state index in [9.17, 15) is 33.6 Å². The van der Waals surface area contributed by atoms with Gasteiger partial charge in [-0.1, -0.05) is 73.1 Å². The first-order chi connectivity index (χ1) is 24.4. The molecule has 3 atom stereocenters. The second-order valence-corrected chi connectivity index (χ2v) is 16.4. The summed E-state index contributed by atoms with van der Waals surface area (Å²) in [5.74, 6) is -3.24. The van der Waals surface area contributed by atoms with E-state index in [1.165, 1.54) is 30.6 Å². The van der Waals surface area contributed by atoms with Crippen LogP contribution in [-0.2, 0) is 38.2 Å². The topological polar surface area (TPSA) is 189 Å². The zero-order valence-electron chi connectivity index (χ0n) is 32.8. The molecule has 4 aliphatic rings. The maximum Gasteiger partial charge on any atom is 0.325 e. The van der Waals surface area contributed by atoms with Gasteiger partial charge in [0.05, 0.1) is 19.1 Å². The van der Waals surface area contributed by atoms with Gasteiger partial charge in [-0.2, -0.15) is 0 Å². The summed E-state index contributed by atoms with van der Waals surface area (Å²) in [6, 6.07) is -3.72. The van der Waals surface area contributed by atoms with Crippen molar-refractivity contribution in [3.05, 3.63) is 0 Å². The summed E-state index contributed by atoms with van der Waals surface area (Å²) in [4.78, 5) is 91.1. The number of urea groups is 1. The molecule has 1 aliphatic heterocycles. The van der Waals surface area contributed by atoms with Gasteiger partial charge in [0.1, 0.15) is 24.2 Å². The highest BCUT2D eigenvalue weighted by Crippen LogP contribution is 2.34. The number of carbonyl (C=O) groups is 7. The molecule has 0 spiro atoms. The second kappa shape index (κ2) is 21.1. The summed E-state index contributed by atoms with van der Waals surface area (Å²) < 4.78 is 10.3. The summed E-state index contributed by atoms with van der Waals surface area (Å²) in [7, 11) is 0. The Hall–Kier alpha value is -3.71. The summed E-state index contributed by atoms with van der Waals surface area (Å²) in [6.45, 7) is 14.9. The minimum Gasteiger partial charge on any atom is -0.464 e. The predicted molar refractivity (Wildman–Crippen MR) is 196 cm³/mol. The minimum absolute atomic E-state index is 0.0924. The molecule has 3 saturated carbocycles. The van der Waals surface area contributed by atoms with Crippen molar-refractivity contribution in [1.29, 1.82) is 0 Å². The number of amides is 5. The third-order valence-corrected chi connectivity index (χ3v) is 8.31. The van der Waals surface area contributed by atoms with Crippen LogP contribution in [0.25, 0.3) is 0 Å². The van der Waals surface area contributed by atoms with Crippen molar-refractivity contribution in [2.24, 2.45) is 17.3 Å². The number of Topliss-reactive ketones (excluding diaryl/α,β-unsaturated/α-hetero) is 1. The number of nitrogens with one attached hydrogen (secondary N) is 4. The maximum absolute atomic E-state index is 13.8. The van der Waals surface area contributed by atoms with Gasteiger partial charge in [0.15, 0.2) is 0 Å². The number of rotatable bonds is 15. The fourth-order valence-electron chi connectivity index (χ4n) is 5.10. The van der Waals surface area contributed by atoms with Crippen LogP contribution in [-0.4, -0.2) is 96.3 Å². The van der Waals surface area contributed by atoms with Gasteiger partial charge in [-0.05, 0) is 70.1 Å². The quantitative estimate of drug-likeness (QED) is 0.143. The molecule has 1 heterocycles. The van der Waals surface area contributed by atoms with Gasteiger partial charge in [-0.3, -0.25) is 28.8 Å². The van der Waals surface area contributed by atoms with E-state index in [1.807, 2.05) is 0 Å². The molecular formula is C38H65N5O9. The molecule has 4 fully saturated rings. The number of esters is 2. The van der Waals surface area contributed by atoms with Gasteiger partial charge in [0.2, 0.25) is 17.6 Å². The van der Waals surface area contributed by atoms with E-state index in [0.29, 0.717) is 31.8 Å². The monoisotopic (exact) mass is 735 g/mol. The van der Waals surface area contributed by atoms with Gasteiger partial charge >= 0.3 is 18.0 Å². The number of hydrogen-bond donors (Lipinski definition) is 4. The molecule has 1 saturated heterocycles. The molecule has 0 radical (unpaired) electrons. The Kier molecular flexibility index (Phi) is 18.0. The molecule has 296 valence electrons. The van der Waals surface area contributed by atoms with E-state index < -0.39 is 70.6 Å². The van der Waals surface area contributed by atoms with Crippen LogP contribution < -0.4 is 21.3 Å². The largest absolute Gasteiger partial charge is 0.464 e. The fraction of sp³-hybridized carbons (Fsp3) is 0.816. The first-order valence-corrected chi connectivity index (χ1v) is 19.2. The predicted octanol–water partition coefficient (Wildman–Crippen LogP) is 3.93. The maximum atomic E-state index is 13.8. The lowest BCUT2D eigenvalue weighted by Crippen LogP contribution is -2.60. The number of hydrogen-bond acceptors (Lipinski definition) is 9. The highest BCUT2D eigenvalue weighted by Gasteiger charge is 2.43. The molecule has 3 aliphatic carbocycles. The molecule has 4 rings (SSSR count). The van der Waals surface area contributed by atoms with Gasteiger partial charge in [0.25, 0.3) is 5.91 Å². The Balaban J connectivity index is 0.00000143. The van der Waals surface area contributed by atoms with Crippen LogP contribution in [0.15, 0.2) is 0 Å². The minimum atomic E-state index is -1.08. The Morgan fingerprint density at radius 1 is 0.769 bits per heavy atom. The van der Waals surface area contributed by atoms with E-state index in [4.69, 9.17) is 9.47 Å². The number of likely N-dealkylation sites (tertiary alicyclic amines) is 1. The fourth-order valence-corrected chi connectivity index (χ4v) is 5.10. The molecule has 3 unspecified atom stereocenters. The van der Waals surface area contributed by atoms with E-state index in [0.717, 1.165) is 25.7 Å². The lowest BCUT2D eigenvalue weighted by Gasteiger charge is -2.35. The average molecular weight is 736 g/mol. The summed E-state index contributed by atoms with van der Waals surface area (Å²) in [6.07, 6.45) is 10.6. The highest BCUT2D eigenvalue weighted by molar-refractivity contribution is 6.38. The van der Waals surface area contributed by atoms with Crippen LogP contribution in [0.2, 0.25) is 0 Å². The molecule has 0 aromatic carbocycles. The van der Waals surface area contributed by atoms with E-state index >= 15 is 0 Å². The number of ketones is 1. The molecule has 0 bridgehead atoms. The SMILES string of the molecule is C1CC1.CC(C)(C)OC(=O)CCNC(=O)C(=O)C(CC1CC1)NC(=O)C1CCCN1C(=O)C(NC(=O)NCC(=O)OCC1CC1)C(C)(C)C.CCC. The zero-order chi connectivity index (χ0) is 39.1. The Bertz CT molecular complexity index is 1230. The van der Waals surface area contributed by atoms with Crippen LogP contribution in [0.3, 0.4) is 0 Å². The van der Waals surface area contributed by atoms with Crippen molar-refractivity contribution in [1.82, 2.24) is 26.2 Å². The lowest BCUT2D eigenvalue weighted by atomic mass is 9.85. The number of nitrogens with zero attached hydrogens (tertiary/aromatic N) is 1. The average Bonchev–Trinajstić information content (AvgIpc) is 3.90. The normalized spacial score (nSPS) is 18.8. The lowest BCUT2D eigenvalue weighted by molar-refractivity contribution is -0.154. The van der Waals surface area contributed by atoms with Crippen LogP contribution in [0, 0.1) is 17.3 Å². The first-order valence-electron chi connectivity index (χ1n) is 19.2. The van der Waals surface area contributed by atoms with Crippen molar-refractivity contribution >= 4 is 41.5 Å². The smallest absolute Gasteiger partial charge is 0.325 e. The molecular weight excluding hydrogens is 670 g/mol. The van der Waals surface area contributed by atoms with E-state index in [1.54, 1.807) is 41.5 Å². The van der Waals surface area contributed by atoms with Gasteiger partial charge in [-0.25, -0.2) is 4.79 Å². The molecule has 0 aromatic heterocycles. The Morgan fingerprint density at radius 3 is 1.88 bits per heavy atom. The molecule has 52 heavy (non-hydrogen) atoms. The van der Waals surface area contributed by atoms with Crippen molar-refractivity contribution in [3.63, 3.8) is 0 Å². The van der Waals surface area contributed by atoms with Crippen molar-refractivity contribution < 1.29 is 43.0 Å². The Labute approximate surface area is 310 Å². The first kappa shape index (κ1) is 44.5. The van der Waals surface area contributed by atoms with Crippen molar-refractivity contribution in [2.75, 3.05) is 26.2 Å². The van der Waals surface area contributed by atoms with E-state index in [-0.39, 0.29) is 32.0 Å². The molecule has 4 N–H and O–H groups in total. The Morgan fingerprint density at radius 2 is 1.37 bits per heavy atom. The van der Waals surface area contributed by atoms with Gasteiger partial charge in [0, 0.05) is 13.1 Å². The summed E-state index contributed by atoms with van der Waals surface area (Å²) >= 11 is 0. The van der Waals surface area contributed by atoms with Crippen molar-refractivity contribution in [3.8, 4) is 0 Å².